The second-order valence-electron chi connectivity index (χ2n) is 5.23. The zero-order valence-electron chi connectivity index (χ0n) is 10.0. The minimum absolute atomic E-state index is 0.215. The molecule has 0 bridgehead atoms. The third-order valence-corrected chi connectivity index (χ3v) is 6.06. The molecule has 6 heteroatoms. The molecule has 5 nitrogen and oxygen atoms in total. The quantitative estimate of drug-likeness (QED) is 0.770. The van der Waals surface area contributed by atoms with Crippen molar-refractivity contribution < 1.29 is 8.42 Å². The Morgan fingerprint density at radius 3 is 2.65 bits per heavy atom. The van der Waals surface area contributed by atoms with Crippen LogP contribution in [0.25, 0.3) is 0 Å². The van der Waals surface area contributed by atoms with Crippen LogP contribution in [0, 0.1) is 23.2 Å². The van der Waals surface area contributed by atoms with E-state index in [1.807, 2.05) is 6.07 Å². The Bertz CT molecular complexity index is 428. The number of sulfonamides is 1. The summed E-state index contributed by atoms with van der Waals surface area (Å²) < 4.78 is 25.6. The molecule has 0 aromatic carbocycles. The number of nitrogens with zero attached hydrogens (tertiary/aromatic N) is 2. The van der Waals surface area contributed by atoms with Gasteiger partial charge in [-0.3, -0.25) is 0 Å². The summed E-state index contributed by atoms with van der Waals surface area (Å²) in [5, 5.41) is 7.81. The molecule has 4 atom stereocenters. The zero-order chi connectivity index (χ0) is 12.6. The molecule has 2 aliphatic rings. The van der Waals surface area contributed by atoms with Gasteiger partial charge in [-0.1, -0.05) is 0 Å². The molecule has 0 spiro atoms. The summed E-state index contributed by atoms with van der Waals surface area (Å²) in [4.78, 5) is 0. The van der Waals surface area contributed by atoms with E-state index in [2.05, 4.69) is 0 Å². The molecule has 0 amide bonds. The van der Waals surface area contributed by atoms with Gasteiger partial charge in [-0.05, 0) is 38.0 Å². The first kappa shape index (κ1) is 12.8. The van der Waals surface area contributed by atoms with Crippen LogP contribution in [-0.4, -0.2) is 37.1 Å². The lowest BCUT2D eigenvalue weighted by atomic mass is 9.79. The maximum absolute atomic E-state index is 12.1. The first-order valence-corrected chi connectivity index (χ1v) is 7.59. The van der Waals surface area contributed by atoms with Crippen LogP contribution < -0.4 is 5.73 Å². The monoisotopic (exact) mass is 257 g/mol. The first-order chi connectivity index (χ1) is 7.95. The first-order valence-electron chi connectivity index (χ1n) is 6.09. The van der Waals surface area contributed by atoms with Gasteiger partial charge in [0.05, 0.1) is 6.07 Å². The van der Waals surface area contributed by atoms with Crippen molar-refractivity contribution in [2.75, 3.05) is 13.1 Å². The van der Waals surface area contributed by atoms with Crippen LogP contribution in [0.1, 0.15) is 26.2 Å². The average Bonchev–Trinajstić information content (AvgIpc) is 2.71. The second kappa shape index (κ2) is 4.56. The number of fused-ring (bicyclic) bond motifs is 1. The molecule has 96 valence electrons. The normalized spacial score (nSPS) is 36.2. The molecular weight excluding hydrogens is 238 g/mol. The number of nitrogens with two attached hydrogens (primary N) is 1. The number of rotatable bonds is 2. The van der Waals surface area contributed by atoms with Gasteiger partial charge in [0.15, 0.2) is 5.25 Å². The van der Waals surface area contributed by atoms with Crippen LogP contribution in [0.5, 0.6) is 0 Å². The van der Waals surface area contributed by atoms with Gasteiger partial charge in [-0.15, -0.1) is 0 Å². The Morgan fingerprint density at radius 2 is 2.00 bits per heavy atom. The summed E-state index contributed by atoms with van der Waals surface area (Å²) in [6.45, 7) is 2.57. The summed E-state index contributed by atoms with van der Waals surface area (Å²) in [6, 6.07) is 2.03. The highest BCUT2D eigenvalue weighted by atomic mass is 32.2. The molecule has 17 heavy (non-hydrogen) atoms. The Labute approximate surface area is 103 Å². The summed E-state index contributed by atoms with van der Waals surface area (Å²) in [7, 11) is -3.43. The van der Waals surface area contributed by atoms with Crippen molar-refractivity contribution in [2.45, 2.75) is 37.5 Å². The molecule has 1 heterocycles. The van der Waals surface area contributed by atoms with E-state index in [0.29, 0.717) is 24.9 Å². The molecule has 1 aliphatic carbocycles. The van der Waals surface area contributed by atoms with Gasteiger partial charge in [-0.25, -0.2) is 12.7 Å². The van der Waals surface area contributed by atoms with E-state index in [0.717, 1.165) is 19.3 Å². The molecule has 2 N–H and O–H groups in total. The lowest BCUT2D eigenvalue weighted by Gasteiger charge is -2.28. The van der Waals surface area contributed by atoms with E-state index in [-0.39, 0.29) is 6.04 Å². The van der Waals surface area contributed by atoms with Crippen LogP contribution in [0.3, 0.4) is 0 Å². The second-order valence-corrected chi connectivity index (χ2v) is 7.48. The summed E-state index contributed by atoms with van der Waals surface area (Å²) in [6.07, 6.45) is 2.92. The lowest BCUT2D eigenvalue weighted by Crippen LogP contribution is -2.35. The summed E-state index contributed by atoms with van der Waals surface area (Å²) in [5.74, 6) is 0.829. The van der Waals surface area contributed by atoms with E-state index >= 15 is 0 Å². The average molecular weight is 257 g/mol. The van der Waals surface area contributed by atoms with E-state index in [9.17, 15) is 8.42 Å². The molecule has 2 fully saturated rings. The minimum atomic E-state index is -3.43. The van der Waals surface area contributed by atoms with Gasteiger partial charge < -0.3 is 5.73 Å². The SMILES string of the molecule is CC(C#N)S(=O)(=O)N1C[C@H]2CCC(N)C[C@H]2C1. The fourth-order valence-corrected chi connectivity index (χ4v) is 4.30. The van der Waals surface area contributed by atoms with Gasteiger partial charge in [-0.2, -0.15) is 5.26 Å². The van der Waals surface area contributed by atoms with E-state index in [1.165, 1.54) is 11.2 Å². The largest absolute Gasteiger partial charge is 0.328 e. The third-order valence-electron chi connectivity index (χ3n) is 4.05. The highest BCUT2D eigenvalue weighted by Gasteiger charge is 2.42. The van der Waals surface area contributed by atoms with Crippen LogP contribution >= 0.6 is 0 Å². The smallest absolute Gasteiger partial charge is 0.230 e. The van der Waals surface area contributed by atoms with Crippen LogP contribution in [0.15, 0.2) is 0 Å². The van der Waals surface area contributed by atoms with Crippen molar-refractivity contribution in [1.82, 2.24) is 4.31 Å². The highest BCUT2D eigenvalue weighted by Crippen LogP contribution is 2.37. The number of hydrogen-bond acceptors (Lipinski definition) is 4. The molecule has 1 saturated carbocycles. The highest BCUT2D eigenvalue weighted by molar-refractivity contribution is 7.89. The van der Waals surface area contributed by atoms with Crippen LogP contribution in [0.2, 0.25) is 0 Å². The molecule has 0 aromatic rings. The van der Waals surface area contributed by atoms with Gasteiger partial charge in [0, 0.05) is 19.1 Å². The fraction of sp³-hybridized carbons (Fsp3) is 0.909. The molecular formula is C11H19N3O2S. The number of hydrogen-bond donors (Lipinski definition) is 1. The molecule has 1 saturated heterocycles. The number of nitriles is 1. The van der Waals surface area contributed by atoms with E-state index in [1.54, 1.807) is 0 Å². The predicted molar refractivity (Wildman–Crippen MR) is 64.4 cm³/mol. The Balaban J connectivity index is 2.10. The standard InChI is InChI=1S/C11H19N3O2S/c1-8(5-12)17(15,16)14-6-9-2-3-11(13)4-10(9)7-14/h8-11H,2-4,6-7,13H2,1H3/t8?,9-,10+,11?/m1/s1. The lowest BCUT2D eigenvalue weighted by molar-refractivity contribution is 0.271. The Hall–Kier alpha value is -0.640. The van der Waals surface area contributed by atoms with Crippen LogP contribution in [0.4, 0.5) is 0 Å². The molecule has 2 unspecified atom stereocenters. The van der Waals surface area contributed by atoms with Gasteiger partial charge in [0.25, 0.3) is 0 Å². The molecule has 1 aliphatic heterocycles. The van der Waals surface area contributed by atoms with E-state index < -0.39 is 15.3 Å². The van der Waals surface area contributed by atoms with Gasteiger partial charge in [0.2, 0.25) is 10.0 Å². The van der Waals surface area contributed by atoms with Crippen molar-refractivity contribution in [2.24, 2.45) is 17.6 Å². The van der Waals surface area contributed by atoms with Crippen molar-refractivity contribution in [3.63, 3.8) is 0 Å². The summed E-state index contributed by atoms with van der Waals surface area (Å²) >= 11 is 0. The summed E-state index contributed by atoms with van der Waals surface area (Å²) in [5.41, 5.74) is 5.91. The van der Waals surface area contributed by atoms with Crippen LogP contribution in [-0.2, 0) is 10.0 Å². The fourth-order valence-electron chi connectivity index (χ4n) is 2.92. The predicted octanol–water partition coefficient (Wildman–Crippen LogP) is 0.287. The third kappa shape index (κ3) is 2.32. The van der Waals surface area contributed by atoms with Crippen molar-refractivity contribution in [3.05, 3.63) is 0 Å². The maximum atomic E-state index is 12.1. The maximum Gasteiger partial charge on any atom is 0.230 e. The molecule has 0 aromatic heterocycles. The van der Waals surface area contributed by atoms with E-state index in [4.69, 9.17) is 11.0 Å². The molecule has 2 rings (SSSR count). The zero-order valence-corrected chi connectivity index (χ0v) is 10.9. The topological polar surface area (TPSA) is 87.2 Å². The minimum Gasteiger partial charge on any atom is -0.328 e. The van der Waals surface area contributed by atoms with Crippen molar-refractivity contribution in [1.29, 1.82) is 5.26 Å². The van der Waals surface area contributed by atoms with Crippen molar-refractivity contribution >= 4 is 10.0 Å². The van der Waals surface area contributed by atoms with Crippen molar-refractivity contribution in [3.8, 4) is 6.07 Å². The Morgan fingerprint density at radius 1 is 1.35 bits per heavy atom. The van der Waals surface area contributed by atoms with Gasteiger partial charge in [0.1, 0.15) is 0 Å². The Kier molecular flexibility index (Phi) is 3.43. The molecule has 0 radical (unpaired) electrons. The van der Waals surface area contributed by atoms with Gasteiger partial charge >= 0.3 is 0 Å².